The monoisotopic (exact) mass is 361 g/mol. The molecular weight excluding hydrogens is 338 g/mol. The molecule has 1 atom stereocenters. The predicted octanol–water partition coefficient (Wildman–Crippen LogP) is 3.04. The van der Waals surface area contributed by atoms with E-state index in [1.807, 2.05) is 49.0 Å². The lowest BCUT2D eigenvalue weighted by Crippen LogP contribution is -2.24. The third kappa shape index (κ3) is 4.27. The normalized spacial score (nSPS) is 12.0. The summed E-state index contributed by atoms with van der Waals surface area (Å²) in [7, 11) is 1.93. The number of para-hydroxylation sites is 1. The zero-order valence-corrected chi connectivity index (χ0v) is 15.8. The minimum absolute atomic E-state index is 0. The van der Waals surface area contributed by atoms with Crippen molar-refractivity contribution in [3.05, 3.63) is 59.0 Å². The van der Waals surface area contributed by atoms with Crippen LogP contribution in [0, 0.1) is 13.8 Å². The lowest BCUT2D eigenvalue weighted by molar-refractivity contribution is 0.377. The van der Waals surface area contributed by atoms with Crippen LogP contribution in [0.5, 0.6) is 0 Å². The molecule has 1 unspecified atom stereocenters. The Kier molecular flexibility index (Phi) is 6.33. The molecule has 2 heterocycles. The van der Waals surface area contributed by atoms with Gasteiger partial charge in [-0.25, -0.2) is 4.68 Å². The molecule has 134 valence electrons. The van der Waals surface area contributed by atoms with Crippen molar-refractivity contribution in [3.63, 3.8) is 0 Å². The SMILES string of the molecule is CNC(C)Cc1noc(Cc2c(C)nn(-c3ccccc3)c2C)n1.Cl. The van der Waals surface area contributed by atoms with E-state index in [0.717, 1.165) is 34.9 Å². The Hall–Kier alpha value is -2.18. The third-order valence-corrected chi connectivity index (χ3v) is 4.26. The summed E-state index contributed by atoms with van der Waals surface area (Å²) in [5.74, 6) is 1.37. The fraction of sp³-hybridized carbons (Fsp3) is 0.389. The van der Waals surface area contributed by atoms with Crippen molar-refractivity contribution in [1.29, 1.82) is 0 Å². The van der Waals surface area contributed by atoms with Crippen LogP contribution in [0.25, 0.3) is 5.69 Å². The highest BCUT2D eigenvalue weighted by Gasteiger charge is 2.17. The number of hydrogen-bond donors (Lipinski definition) is 1. The van der Waals surface area contributed by atoms with Crippen LogP contribution in [0.2, 0.25) is 0 Å². The number of halogens is 1. The molecule has 0 fully saturated rings. The van der Waals surface area contributed by atoms with Gasteiger partial charge in [-0.05, 0) is 40.0 Å². The van der Waals surface area contributed by atoms with Crippen molar-refractivity contribution in [3.8, 4) is 5.69 Å². The number of rotatable bonds is 6. The summed E-state index contributed by atoms with van der Waals surface area (Å²) in [4.78, 5) is 4.50. The second-order valence-corrected chi connectivity index (χ2v) is 6.07. The van der Waals surface area contributed by atoms with Crippen molar-refractivity contribution in [2.24, 2.45) is 0 Å². The minimum atomic E-state index is 0. The van der Waals surface area contributed by atoms with Crippen molar-refractivity contribution >= 4 is 12.4 Å². The van der Waals surface area contributed by atoms with Crippen LogP contribution in [-0.2, 0) is 12.8 Å². The smallest absolute Gasteiger partial charge is 0.231 e. The highest BCUT2D eigenvalue weighted by Crippen LogP contribution is 2.20. The van der Waals surface area contributed by atoms with Gasteiger partial charge in [0.1, 0.15) is 0 Å². The van der Waals surface area contributed by atoms with Gasteiger partial charge in [0.05, 0.1) is 17.8 Å². The van der Waals surface area contributed by atoms with Gasteiger partial charge in [0.25, 0.3) is 0 Å². The Bertz CT molecular complexity index is 812. The fourth-order valence-electron chi connectivity index (χ4n) is 2.72. The Morgan fingerprint density at radius 1 is 1.20 bits per heavy atom. The van der Waals surface area contributed by atoms with E-state index in [2.05, 4.69) is 34.4 Å². The zero-order chi connectivity index (χ0) is 17.1. The standard InChI is InChI=1S/C18H23N5O.ClH/c1-12(19-4)10-17-20-18(24-22-17)11-16-13(2)21-23(14(16)3)15-8-6-5-7-9-15;/h5-9,12,19H,10-11H2,1-4H3;1H. The summed E-state index contributed by atoms with van der Waals surface area (Å²) in [6.45, 7) is 6.18. The first-order valence-electron chi connectivity index (χ1n) is 8.17. The summed E-state index contributed by atoms with van der Waals surface area (Å²) in [6.07, 6.45) is 1.35. The number of hydrogen-bond acceptors (Lipinski definition) is 5. The molecule has 0 saturated carbocycles. The molecule has 25 heavy (non-hydrogen) atoms. The van der Waals surface area contributed by atoms with Gasteiger partial charge in [-0.15, -0.1) is 12.4 Å². The first-order chi connectivity index (χ1) is 11.6. The molecule has 2 aromatic heterocycles. The highest BCUT2D eigenvalue weighted by molar-refractivity contribution is 5.85. The van der Waals surface area contributed by atoms with E-state index in [0.29, 0.717) is 18.4 Å². The third-order valence-electron chi connectivity index (χ3n) is 4.26. The van der Waals surface area contributed by atoms with Gasteiger partial charge in [-0.3, -0.25) is 0 Å². The van der Waals surface area contributed by atoms with Gasteiger partial charge in [0, 0.05) is 23.7 Å². The van der Waals surface area contributed by atoms with E-state index >= 15 is 0 Å². The predicted molar refractivity (Wildman–Crippen MR) is 99.6 cm³/mol. The molecule has 0 saturated heterocycles. The maximum atomic E-state index is 5.41. The maximum Gasteiger partial charge on any atom is 0.231 e. The van der Waals surface area contributed by atoms with Gasteiger partial charge in [0.2, 0.25) is 5.89 Å². The molecule has 0 bridgehead atoms. The van der Waals surface area contributed by atoms with Crippen LogP contribution in [0.4, 0.5) is 0 Å². The van der Waals surface area contributed by atoms with Gasteiger partial charge in [-0.1, -0.05) is 23.4 Å². The zero-order valence-electron chi connectivity index (χ0n) is 15.0. The first-order valence-corrected chi connectivity index (χ1v) is 8.17. The maximum absolute atomic E-state index is 5.41. The Labute approximate surface area is 154 Å². The summed E-state index contributed by atoms with van der Waals surface area (Å²) >= 11 is 0. The Morgan fingerprint density at radius 2 is 1.92 bits per heavy atom. The van der Waals surface area contributed by atoms with Crippen LogP contribution in [0.3, 0.4) is 0 Å². The molecular formula is C18H24ClN5O. The quantitative estimate of drug-likeness (QED) is 0.730. The van der Waals surface area contributed by atoms with Gasteiger partial charge < -0.3 is 9.84 Å². The highest BCUT2D eigenvalue weighted by atomic mass is 35.5. The molecule has 7 heteroatoms. The second kappa shape index (κ2) is 8.27. The first kappa shape index (κ1) is 19.1. The van der Waals surface area contributed by atoms with Crippen molar-refractivity contribution in [2.75, 3.05) is 7.05 Å². The van der Waals surface area contributed by atoms with Crippen LogP contribution in [-0.4, -0.2) is 33.0 Å². The summed E-state index contributed by atoms with van der Waals surface area (Å²) in [6, 6.07) is 10.4. The average molecular weight is 362 g/mol. The van der Waals surface area contributed by atoms with E-state index in [4.69, 9.17) is 4.52 Å². The van der Waals surface area contributed by atoms with Crippen molar-refractivity contribution < 1.29 is 4.52 Å². The lowest BCUT2D eigenvalue weighted by Gasteiger charge is -2.05. The summed E-state index contributed by atoms with van der Waals surface area (Å²) in [5, 5.41) is 11.9. The fourth-order valence-corrected chi connectivity index (χ4v) is 2.72. The summed E-state index contributed by atoms with van der Waals surface area (Å²) < 4.78 is 7.38. The summed E-state index contributed by atoms with van der Waals surface area (Å²) in [5.41, 5.74) is 4.27. The number of aryl methyl sites for hydroxylation is 1. The molecule has 0 radical (unpaired) electrons. The minimum Gasteiger partial charge on any atom is -0.339 e. The number of aromatic nitrogens is 4. The molecule has 3 rings (SSSR count). The van der Waals surface area contributed by atoms with Gasteiger partial charge in [-0.2, -0.15) is 10.1 Å². The molecule has 0 amide bonds. The topological polar surface area (TPSA) is 68.8 Å². The van der Waals surface area contributed by atoms with E-state index in [1.54, 1.807) is 0 Å². The second-order valence-electron chi connectivity index (χ2n) is 6.07. The molecule has 1 aromatic carbocycles. The molecule has 0 aliphatic heterocycles. The molecule has 1 N–H and O–H groups in total. The van der Waals surface area contributed by atoms with E-state index in [9.17, 15) is 0 Å². The Morgan fingerprint density at radius 3 is 2.60 bits per heavy atom. The van der Waals surface area contributed by atoms with Crippen LogP contribution < -0.4 is 5.32 Å². The van der Waals surface area contributed by atoms with Crippen LogP contribution in [0.15, 0.2) is 34.9 Å². The molecule has 0 aliphatic rings. The number of likely N-dealkylation sites (N-methyl/N-ethyl adjacent to an activating group) is 1. The molecule has 0 aliphatic carbocycles. The van der Waals surface area contributed by atoms with E-state index < -0.39 is 0 Å². The van der Waals surface area contributed by atoms with E-state index in [-0.39, 0.29) is 12.4 Å². The molecule has 6 nitrogen and oxygen atoms in total. The van der Waals surface area contributed by atoms with Gasteiger partial charge >= 0.3 is 0 Å². The number of nitrogens with zero attached hydrogens (tertiary/aromatic N) is 4. The van der Waals surface area contributed by atoms with Crippen LogP contribution in [0.1, 0.15) is 35.6 Å². The van der Waals surface area contributed by atoms with Gasteiger partial charge in [0.15, 0.2) is 5.82 Å². The lowest BCUT2D eigenvalue weighted by atomic mass is 10.1. The number of benzene rings is 1. The number of nitrogens with one attached hydrogen (secondary N) is 1. The molecule has 0 spiro atoms. The van der Waals surface area contributed by atoms with E-state index in [1.165, 1.54) is 0 Å². The van der Waals surface area contributed by atoms with Crippen molar-refractivity contribution in [1.82, 2.24) is 25.2 Å². The van der Waals surface area contributed by atoms with Crippen LogP contribution >= 0.6 is 12.4 Å². The largest absolute Gasteiger partial charge is 0.339 e. The molecule has 3 aromatic rings. The average Bonchev–Trinajstić information content (AvgIpc) is 3.15. The van der Waals surface area contributed by atoms with Crippen molar-refractivity contribution in [2.45, 2.75) is 39.7 Å². The Balaban J connectivity index is 0.00000225.